The van der Waals surface area contributed by atoms with Gasteiger partial charge >= 0.3 is 0 Å². The lowest BCUT2D eigenvalue weighted by Gasteiger charge is -2.10. The first kappa shape index (κ1) is 16.5. The highest BCUT2D eigenvalue weighted by atomic mass is 32.1. The SMILES string of the molecule is CC(=O)c1sc2nc(Cc3ccccc3)c(-c3ccccc3)cc2c1N. The largest absolute Gasteiger partial charge is 0.397 e. The highest BCUT2D eigenvalue weighted by molar-refractivity contribution is 7.21. The van der Waals surface area contributed by atoms with Crippen LogP contribution in [0.4, 0.5) is 5.69 Å². The second-order valence-corrected chi connectivity index (χ2v) is 7.26. The van der Waals surface area contributed by atoms with Crippen molar-refractivity contribution >= 4 is 33.0 Å². The Bertz CT molecular complexity index is 1090. The molecule has 0 saturated carbocycles. The second-order valence-electron chi connectivity index (χ2n) is 6.26. The van der Waals surface area contributed by atoms with E-state index < -0.39 is 0 Å². The predicted molar refractivity (Wildman–Crippen MR) is 109 cm³/mol. The Balaban J connectivity index is 1.94. The third kappa shape index (κ3) is 3.00. The van der Waals surface area contributed by atoms with E-state index in [9.17, 15) is 4.79 Å². The maximum Gasteiger partial charge on any atom is 0.171 e. The average molecular weight is 358 g/mol. The van der Waals surface area contributed by atoms with Gasteiger partial charge in [-0.15, -0.1) is 11.3 Å². The van der Waals surface area contributed by atoms with Gasteiger partial charge in [0.2, 0.25) is 0 Å². The maximum absolute atomic E-state index is 11.9. The lowest BCUT2D eigenvalue weighted by molar-refractivity contribution is 0.102. The minimum atomic E-state index is -0.0172. The third-order valence-electron chi connectivity index (χ3n) is 4.42. The molecule has 0 aliphatic heterocycles. The number of aromatic nitrogens is 1. The molecule has 0 amide bonds. The van der Waals surface area contributed by atoms with Crippen LogP contribution < -0.4 is 5.73 Å². The van der Waals surface area contributed by atoms with E-state index >= 15 is 0 Å². The molecule has 4 rings (SSSR count). The number of fused-ring (bicyclic) bond motifs is 1. The third-order valence-corrected chi connectivity index (χ3v) is 5.64. The van der Waals surface area contributed by atoms with Gasteiger partial charge in [-0.1, -0.05) is 60.7 Å². The molecule has 128 valence electrons. The lowest BCUT2D eigenvalue weighted by Crippen LogP contribution is -1.97. The standard InChI is InChI=1S/C22H18N2OS/c1-14(25)21-20(23)18-13-17(16-10-6-3-7-11-16)19(24-22(18)26-21)12-15-8-4-2-5-9-15/h2-11,13H,12,23H2,1H3. The normalized spacial score (nSPS) is 11.0. The lowest BCUT2D eigenvalue weighted by atomic mass is 9.98. The molecule has 3 nitrogen and oxygen atoms in total. The molecule has 2 aromatic heterocycles. The molecule has 26 heavy (non-hydrogen) atoms. The van der Waals surface area contributed by atoms with Crippen LogP contribution in [-0.4, -0.2) is 10.8 Å². The van der Waals surface area contributed by atoms with Crippen LogP contribution >= 0.6 is 11.3 Å². The van der Waals surface area contributed by atoms with E-state index in [-0.39, 0.29) is 5.78 Å². The summed E-state index contributed by atoms with van der Waals surface area (Å²) < 4.78 is 0. The van der Waals surface area contributed by atoms with Crippen LogP contribution in [0.3, 0.4) is 0 Å². The summed E-state index contributed by atoms with van der Waals surface area (Å²) in [7, 11) is 0. The van der Waals surface area contributed by atoms with E-state index in [1.165, 1.54) is 16.9 Å². The van der Waals surface area contributed by atoms with Gasteiger partial charge in [-0.05, 0) is 17.2 Å². The fourth-order valence-corrected chi connectivity index (χ4v) is 4.12. The average Bonchev–Trinajstić information content (AvgIpc) is 2.99. The fourth-order valence-electron chi connectivity index (χ4n) is 3.13. The first-order valence-electron chi connectivity index (χ1n) is 8.45. The quantitative estimate of drug-likeness (QED) is 0.501. The number of rotatable bonds is 4. The van der Waals surface area contributed by atoms with E-state index in [1.807, 2.05) is 36.4 Å². The number of carbonyl (C=O) groups excluding carboxylic acids is 1. The molecule has 0 radical (unpaired) electrons. The van der Waals surface area contributed by atoms with Crippen molar-refractivity contribution in [3.63, 3.8) is 0 Å². The topological polar surface area (TPSA) is 56.0 Å². The maximum atomic E-state index is 11.9. The minimum Gasteiger partial charge on any atom is -0.397 e. The Kier molecular flexibility index (Phi) is 4.27. The molecule has 0 unspecified atom stereocenters. The van der Waals surface area contributed by atoms with Gasteiger partial charge in [-0.25, -0.2) is 4.98 Å². The van der Waals surface area contributed by atoms with Gasteiger partial charge in [-0.3, -0.25) is 4.79 Å². The molecule has 2 aromatic carbocycles. The van der Waals surface area contributed by atoms with Crippen molar-refractivity contribution in [2.24, 2.45) is 0 Å². The van der Waals surface area contributed by atoms with Gasteiger partial charge in [0, 0.05) is 24.3 Å². The number of pyridine rings is 1. The zero-order valence-electron chi connectivity index (χ0n) is 14.4. The molecule has 0 aliphatic carbocycles. The summed E-state index contributed by atoms with van der Waals surface area (Å²) in [5.41, 5.74) is 11.1. The number of hydrogen-bond donors (Lipinski definition) is 1. The Morgan fingerprint density at radius 1 is 1.04 bits per heavy atom. The monoisotopic (exact) mass is 358 g/mol. The number of thiophene rings is 1. The van der Waals surface area contributed by atoms with Crippen LogP contribution in [0.15, 0.2) is 66.7 Å². The van der Waals surface area contributed by atoms with Crippen molar-refractivity contribution in [1.29, 1.82) is 0 Å². The van der Waals surface area contributed by atoms with E-state index in [1.54, 1.807) is 6.92 Å². The van der Waals surface area contributed by atoms with Gasteiger partial charge in [-0.2, -0.15) is 0 Å². The summed E-state index contributed by atoms with van der Waals surface area (Å²) in [5, 5.41) is 0.857. The molecular weight excluding hydrogens is 340 g/mol. The van der Waals surface area contributed by atoms with Crippen molar-refractivity contribution in [1.82, 2.24) is 4.98 Å². The van der Waals surface area contributed by atoms with Gasteiger partial charge < -0.3 is 5.73 Å². The van der Waals surface area contributed by atoms with E-state index in [2.05, 4.69) is 30.3 Å². The summed E-state index contributed by atoms with van der Waals surface area (Å²) in [6.07, 6.45) is 0.730. The molecule has 4 heteroatoms. The number of ketones is 1. The number of nitrogen functional groups attached to an aromatic ring is 1. The summed E-state index contributed by atoms with van der Waals surface area (Å²) >= 11 is 1.37. The second kappa shape index (κ2) is 6.73. The van der Waals surface area contributed by atoms with Crippen molar-refractivity contribution in [3.05, 3.63) is 82.9 Å². The van der Waals surface area contributed by atoms with Crippen molar-refractivity contribution in [2.75, 3.05) is 5.73 Å². The molecule has 2 heterocycles. The van der Waals surface area contributed by atoms with Crippen LogP contribution in [0.5, 0.6) is 0 Å². The van der Waals surface area contributed by atoms with Crippen LogP contribution in [0.2, 0.25) is 0 Å². The summed E-state index contributed by atoms with van der Waals surface area (Å²) in [6, 6.07) is 22.5. The molecule has 0 saturated heterocycles. The molecule has 0 spiro atoms. The Morgan fingerprint density at radius 2 is 1.69 bits per heavy atom. The van der Waals surface area contributed by atoms with Crippen molar-refractivity contribution < 1.29 is 4.79 Å². The van der Waals surface area contributed by atoms with E-state index in [4.69, 9.17) is 10.7 Å². The highest BCUT2D eigenvalue weighted by Gasteiger charge is 2.17. The zero-order valence-corrected chi connectivity index (χ0v) is 15.2. The van der Waals surface area contributed by atoms with Crippen LogP contribution in [0.1, 0.15) is 27.9 Å². The highest BCUT2D eigenvalue weighted by Crippen LogP contribution is 2.37. The Hall–Kier alpha value is -2.98. The van der Waals surface area contributed by atoms with Gasteiger partial charge in [0.25, 0.3) is 0 Å². The smallest absolute Gasteiger partial charge is 0.171 e. The predicted octanol–water partition coefficient (Wildman–Crippen LogP) is 5.34. The Labute approximate surface area is 156 Å². The fraction of sp³-hybridized carbons (Fsp3) is 0.0909. The molecule has 0 bridgehead atoms. The Morgan fingerprint density at radius 3 is 2.35 bits per heavy atom. The first-order chi connectivity index (χ1) is 12.6. The number of carbonyl (C=O) groups is 1. The van der Waals surface area contributed by atoms with Gasteiger partial charge in [0.1, 0.15) is 4.83 Å². The van der Waals surface area contributed by atoms with E-state index in [0.29, 0.717) is 10.6 Å². The summed E-state index contributed by atoms with van der Waals surface area (Å²) in [6.45, 7) is 1.55. The minimum absolute atomic E-state index is 0.0172. The molecule has 0 atom stereocenters. The molecule has 2 N–H and O–H groups in total. The van der Waals surface area contributed by atoms with Crippen LogP contribution in [-0.2, 0) is 6.42 Å². The van der Waals surface area contributed by atoms with Crippen molar-refractivity contribution in [2.45, 2.75) is 13.3 Å². The van der Waals surface area contributed by atoms with Gasteiger partial charge in [0.15, 0.2) is 5.78 Å². The molecule has 0 aliphatic rings. The number of benzene rings is 2. The summed E-state index contributed by atoms with van der Waals surface area (Å²) in [4.78, 5) is 18.2. The number of anilines is 1. The van der Waals surface area contributed by atoms with Crippen LogP contribution in [0.25, 0.3) is 21.3 Å². The molecule has 4 aromatic rings. The number of Topliss-reactive ketones (excluding diaryl/α,β-unsaturated/α-hetero) is 1. The first-order valence-corrected chi connectivity index (χ1v) is 9.27. The number of nitrogens with zero attached hydrogens (tertiary/aromatic N) is 1. The zero-order chi connectivity index (χ0) is 18.1. The summed E-state index contributed by atoms with van der Waals surface area (Å²) in [5.74, 6) is -0.0172. The van der Waals surface area contributed by atoms with Gasteiger partial charge in [0.05, 0.1) is 16.3 Å². The van der Waals surface area contributed by atoms with Crippen molar-refractivity contribution in [3.8, 4) is 11.1 Å². The number of nitrogens with two attached hydrogens (primary N) is 1. The number of hydrogen-bond acceptors (Lipinski definition) is 4. The van der Waals surface area contributed by atoms with Crippen LogP contribution in [0, 0.1) is 0 Å². The molecular formula is C22H18N2OS. The molecule has 0 fully saturated rings. The van der Waals surface area contributed by atoms with E-state index in [0.717, 1.165) is 33.5 Å².